The van der Waals surface area contributed by atoms with Crippen molar-refractivity contribution in [1.82, 2.24) is 9.88 Å². The van der Waals surface area contributed by atoms with Crippen molar-refractivity contribution in [3.8, 4) is 5.75 Å². The summed E-state index contributed by atoms with van der Waals surface area (Å²) in [7, 11) is 0. The molecule has 0 N–H and O–H groups in total. The maximum atomic E-state index is 12.5. The van der Waals surface area contributed by atoms with Gasteiger partial charge in [0.2, 0.25) is 5.91 Å². The number of likely N-dealkylation sites (tertiary alicyclic amines) is 1. The first kappa shape index (κ1) is 21.1. The number of ether oxygens (including phenoxy) is 1. The Bertz CT molecular complexity index is 934. The number of amides is 1. The molecule has 2 aromatic carbocycles. The van der Waals surface area contributed by atoms with E-state index in [4.69, 9.17) is 4.74 Å². The highest BCUT2D eigenvalue weighted by Gasteiger charge is 2.22. The monoisotopic (exact) mass is 414 g/mol. The number of carbonyl (C=O) groups is 1. The summed E-state index contributed by atoms with van der Waals surface area (Å²) in [5.41, 5.74) is 3.77. The van der Waals surface area contributed by atoms with Gasteiger partial charge in [0.25, 0.3) is 0 Å². The van der Waals surface area contributed by atoms with Crippen LogP contribution < -0.4 is 4.74 Å². The van der Waals surface area contributed by atoms with E-state index >= 15 is 0 Å². The maximum Gasteiger partial charge on any atom is 0.222 e. The Kier molecular flexibility index (Phi) is 7.32. The van der Waals surface area contributed by atoms with Gasteiger partial charge in [0.05, 0.1) is 0 Å². The minimum Gasteiger partial charge on any atom is -0.489 e. The van der Waals surface area contributed by atoms with Crippen LogP contribution >= 0.6 is 0 Å². The lowest BCUT2D eigenvalue weighted by Crippen LogP contribution is -2.39. The van der Waals surface area contributed by atoms with Gasteiger partial charge in [0.1, 0.15) is 12.4 Å². The van der Waals surface area contributed by atoms with Crippen LogP contribution in [0.2, 0.25) is 0 Å². The minimum absolute atomic E-state index is 0.292. The number of pyridine rings is 1. The molecule has 1 fully saturated rings. The van der Waals surface area contributed by atoms with Crippen LogP contribution in [0.15, 0.2) is 79.1 Å². The largest absolute Gasteiger partial charge is 0.489 e. The zero-order valence-electron chi connectivity index (χ0n) is 18.0. The van der Waals surface area contributed by atoms with Gasteiger partial charge >= 0.3 is 0 Å². The van der Waals surface area contributed by atoms with Crippen LogP contribution in [0.25, 0.3) is 0 Å². The van der Waals surface area contributed by atoms with Crippen molar-refractivity contribution in [2.24, 2.45) is 5.92 Å². The fraction of sp³-hybridized carbons (Fsp3) is 0.333. The van der Waals surface area contributed by atoms with Gasteiger partial charge in [-0.25, -0.2) is 0 Å². The molecule has 0 unspecified atom stereocenters. The Morgan fingerprint density at radius 3 is 2.26 bits per heavy atom. The van der Waals surface area contributed by atoms with E-state index in [1.165, 1.54) is 16.7 Å². The molecule has 4 heteroatoms. The first-order valence-corrected chi connectivity index (χ1v) is 11.2. The number of rotatable bonds is 8. The molecule has 31 heavy (non-hydrogen) atoms. The molecular formula is C27H30N2O2. The molecule has 3 aromatic rings. The van der Waals surface area contributed by atoms with E-state index < -0.39 is 0 Å². The number of hydrogen-bond acceptors (Lipinski definition) is 3. The third-order valence-electron chi connectivity index (χ3n) is 6.04. The van der Waals surface area contributed by atoms with Crippen molar-refractivity contribution in [2.75, 3.05) is 13.1 Å². The number of aromatic nitrogens is 1. The molecule has 1 aromatic heterocycles. The van der Waals surface area contributed by atoms with Crippen LogP contribution in [-0.4, -0.2) is 28.9 Å². The second-order valence-corrected chi connectivity index (χ2v) is 8.30. The average Bonchev–Trinajstić information content (AvgIpc) is 2.84. The van der Waals surface area contributed by atoms with E-state index in [0.717, 1.165) is 44.5 Å². The number of piperidine rings is 1. The van der Waals surface area contributed by atoms with Crippen LogP contribution in [0, 0.1) is 5.92 Å². The second kappa shape index (κ2) is 10.8. The average molecular weight is 415 g/mol. The second-order valence-electron chi connectivity index (χ2n) is 8.30. The molecule has 4 rings (SSSR count). The lowest BCUT2D eigenvalue weighted by molar-refractivity contribution is -0.132. The lowest BCUT2D eigenvalue weighted by atomic mass is 9.89. The van der Waals surface area contributed by atoms with Gasteiger partial charge in [0.15, 0.2) is 0 Å². The molecule has 0 bridgehead atoms. The Labute approximate surface area is 184 Å². The van der Waals surface area contributed by atoms with Crippen molar-refractivity contribution in [1.29, 1.82) is 0 Å². The minimum atomic E-state index is 0.292. The quantitative estimate of drug-likeness (QED) is 0.517. The number of carbonyl (C=O) groups excluding carboxylic acids is 1. The predicted octanol–water partition coefficient (Wildman–Crippen LogP) is 5.07. The van der Waals surface area contributed by atoms with Crippen LogP contribution in [0.5, 0.6) is 5.75 Å². The molecule has 1 aliphatic rings. The van der Waals surface area contributed by atoms with Crippen molar-refractivity contribution >= 4 is 5.91 Å². The Balaban J connectivity index is 1.18. The Hall–Kier alpha value is -3.14. The van der Waals surface area contributed by atoms with E-state index in [1.807, 2.05) is 30.3 Å². The lowest BCUT2D eigenvalue weighted by Gasteiger charge is -2.32. The molecule has 1 saturated heterocycles. The molecule has 0 saturated carbocycles. The highest BCUT2D eigenvalue weighted by Crippen LogP contribution is 2.23. The van der Waals surface area contributed by atoms with Crippen molar-refractivity contribution < 1.29 is 9.53 Å². The van der Waals surface area contributed by atoms with Gasteiger partial charge in [-0.2, -0.15) is 0 Å². The van der Waals surface area contributed by atoms with Gasteiger partial charge in [-0.3, -0.25) is 9.78 Å². The van der Waals surface area contributed by atoms with Crippen LogP contribution in [-0.2, 0) is 24.2 Å². The van der Waals surface area contributed by atoms with Crippen molar-refractivity contribution in [2.45, 2.75) is 38.7 Å². The number of aryl methyl sites for hydroxylation is 1. The standard InChI is InChI=1S/C27H30N2O2/c30-27(11-10-22-4-2-1-3-5-22)29-18-14-24(15-19-29)20-23-6-8-25(9-7-23)21-31-26-12-16-28-17-13-26/h1-9,12-13,16-17,24H,10-11,14-15,18-21H2. The summed E-state index contributed by atoms with van der Waals surface area (Å²) in [6, 6.07) is 22.7. The summed E-state index contributed by atoms with van der Waals surface area (Å²) in [5, 5.41) is 0. The number of nitrogens with zero attached hydrogens (tertiary/aromatic N) is 2. The molecule has 2 heterocycles. The van der Waals surface area contributed by atoms with Gasteiger partial charge in [-0.05, 0) is 60.4 Å². The third-order valence-corrected chi connectivity index (χ3v) is 6.04. The summed E-state index contributed by atoms with van der Waals surface area (Å²) in [6.07, 6.45) is 8.17. The number of benzene rings is 2. The van der Waals surface area contributed by atoms with Crippen LogP contribution in [0.4, 0.5) is 0 Å². The number of hydrogen-bond donors (Lipinski definition) is 0. The summed E-state index contributed by atoms with van der Waals surface area (Å²) >= 11 is 0. The fourth-order valence-corrected chi connectivity index (χ4v) is 4.15. The first-order chi connectivity index (χ1) is 15.3. The normalized spacial score (nSPS) is 14.4. The molecule has 1 aliphatic heterocycles. The first-order valence-electron chi connectivity index (χ1n) is 11.2. The van der Waals surface area contributed by atoms with E-state index in [-0.39, 0.29) is 0 Å². The van der Waals surface area contributed by atoms with E-state index in [0.29, 0.717) is 24.9 Å². The van der Waals surface area contributed by atoms with E-state index in [9.17, 15) is 4.79 Å². The van der Waals surface area contributed by atoms with Crippen LogP contribution in [0.3, 0.4) is 0 Å². The van der Waals surface area contributed by atoms with Crippen molar-refractivity contribution in [3.05, 3.63) is 95.8 Å². The van der Waals surface area contributed by atoms with Gasteiger partial charge in [-0.15, -0.1) is 0 Å². The highest BCUT2D eigenvalue weighted by molar-refractivity contribution is 5.76. The zero-order chi connectivity index (χ0) is 21.3. The smallest absolute Gasteiger partial charge is 0.222 e. The third kappa shape index (κ3) is 6.42. The fourth-order valence-electron chi connectivity index (χ4n) is 4.15. The van der Waals surface area contributed by atoms with E-state index in [2.05, 4.69) is 46.3 Å². The topological polar surface area (TPSA) is 42.4 Å². The zero-order valence-corrected chi connectivity index (χ0v) is 18.0. The molecule has 1 amide bonds. The van der Waals surface area contributed by atoms with Crippen LogP contribution in [0.1, 0.15) is 36.0 Å². The molecule has 0 aliphatic carbocycles. The summed E-state index contributed by atoms with van der Waals surface area (Å²) in [4.78, 5) is 18.6. The van der Waals surface area contributed by atoms with E-state index in [1.54, 1.807) is 12.4 Å². The molecule has 0 atom stereocenters. The molecule has 0 spiro atoms. The molecule has 160 valence electrons. The SMILES string of the molecule is O=C(CCc1ccccc1)N1CCC(Cc2ccc(COc3ccncc3)cc2)CC1. The summed E-state index contributed by atoms with van der Waals surface area (Å²) in [5.74, 6) is 1.78. The maximum absolute atomic E-state index is 12.5. The molecular weight excluding hydrogens is 384 g/mol. The summed E-state index contributed by atoms with van der Waals surface area (Å²) < 4.78 is 5.79. The van der Waals surface area contributed by atoms with Gasteiger partial charge in [-0.1, -0.05) is 54.6 Å². The predicted molar refractivity (Wildman–Crippen MR) is 123 cm³/mol. The molecule has 4 nitrogen and oxygen atoms in total. The molecule has 0 radical (unpaired) electrons. The van der Waals surface area contributed by atoms with Gasteiger partial charge < -0.3 is 9.64 Å². The highest BCUT2D eigenvalue weighted by atomic mass is 16.5. The Morgan fingerprint density at radius 2 is 1.55 bits per heavy atom. The Morgan fingerprint density at radius 1 is 0.871 bits per heavy atom. The van der Waals surface area contributed by atoms with Crippen molar-refractivity contribution in [3.63, 3.8) is 0 Å². The summed E-state index contributed by atoms with van der Waals surface area (Å²) in [6.45, 7) is 2.33. The van der Waals surface area contributed by atoms with Gasteiger partial charge in [0, 0.05) is 31.9 Å².